The van der Waals surface area contributed by atoms with E-state index in [1.807, 2.05) is 19.4 Å². The highest BCUT2D eigenvalue weighted by atomic mass is 15.3. The van der Waals surface area contributed by atoms with E-state index in [1.165, 1.54) is 0 Å². The fourth-order valence-corrected chi connectivity index (χ4v) is 2.61. The van der Waals surface area contributed by atoms with Crippen LogP contribution in [-0.4, -0.2) is 33.1 Å². The van der Waals surface area contributed by atoms with Crippen LogP contribution in [0.15, 0.2) is 12.4 Å². The van der Waals surface area contributed by atoms with Crippen LogP contribution in [0, 0.1) is 6.92 Å². The van der Waals surface area contributed by atoms with Crippen molar-refractivity contribution in [2.75, 3.05) is 23.8 Å². The van der Waals surface area contributed by atoms with Crippen LogP contribution in [-0.2, 0) is 19.5 Å². The first-order valence-electron chi connectivity index (χ1n) is 7.03. The van der Waals surface area contributed by atoms with E-state index in [-0.39, 0.29) is 0 Å². The van der Waals surface area contributed by atoms with Crippen LogP contribution in [0.1, 0.15) is 24.1 Å². The summed E-state index contributed by atoms with van der Waals surface area (Å²) >= 11 is 0. The molecule has 0 unspecified atom stereocenters. The molecule has 2 aromatic rings. The van der Waals surface area contributed by atoms with Gasteiger partial charge in [-0.2, -0.15) is 0 Å². The molecule has 2 aromatic heterocycles. The van der Waals surface area contributed by atoms with E-state index in [4.69, 9.17) is 4.98 Å². The molecule has 0 bridgehead atoms. The Morgan fingerprint density at radius 3 is 2.90 bits per heavy atom. The van der Waals surface area contributed by atoms with Crippen LogP contribution >= 0.6 is 0 Å². The normalized spacial score (nSPS) is 14.2. The van der Waals surface area contributed by atoms with Gasteiger partial charge in [-0.1, -0.05) is 6.92 Å². The zero-order chi connectivity index (χ0) is 14.1. The Morgan fingerprint density at radius 2 is 2.15 bits per heavy atom. The lowest BCUT2D eigenvalue weighted by Crippen LogP contribution is -2.35. The average molecular weight is 272 g/mol. The standard InChI is InChI=1S/C14H20N6/c1-4-11-17-13(15-3)10(2)14(18-11)20-8-7-19-6-5-16-12(19)9-20/h5-6H,4,7-9H2,1-3H3,(H,15,17,18). The first-order chi connectivity index (χ1) is 9.72. The maximum Gasteiger partial charge on any atom is 0.137 e. The Bertz CT molecular complexity index is 618. The van der Waals surface area contributed by atoms with E-state index in [9.17, 15) is 0 Å². The Morgan fingerprint density at radius 1 is 1.30 bits per heavy atom. The lowest BCUT2D eigenvalue weighted by atomic mass is 10.2. The monoisotopic (exact) mass is 272 g/mol. The Kier molecular flexibility index (Phi) is 3.30. The summed E-state index contributed by atoms with van der Waals surface area (Å²) in [5.74, 6) is 3.92. The van der Waals surface area contributed by atoms with Gasteiger partial charge in [0.05, 0.1) is 6.54 Å². The van der Waals surface area contributed by atoms with Gasteiger partial charge in [0.25, 0.3) is 0 Å². The number of hydrogen-bond acceptors (Lipinski definition) is 5. The summed E-state index contributed by atoms with van der Waals surface area (Å²) in [6.07, 6.45) is 4.74. The number of nitrogens with zero attached hydrogens (tertiary/aromatic N) is 5. The van der Waals surface area contributed by atoms with Gasteiger partial charge in [-0.05, 0) is 6.92 Å². The molecule has 3 rings (SSSR count). The second kappa shape index (κ2) is 5.11. The summed E-state index contributed by atoms with van der Waals surface area (Å²) in [4.78, 5) is 15.9. The summed E-state index contributed by atoms with van der Waals surface area (Å²) in [6, 6.07) is 0. The van der Waals surface area contributed by atoms with Gasteiger partial charge in [-0.15, -0.1) is 0 Å². The lowest BCUT2D eigenvalue weighted by molar-refractivity contribution is 0.554. The molecule has 0 atom stereocenters. The molecule has 0 spiro atoms. The molecule has 6 heteroatoms. The van der Waals surface area contributed by atoms with Crippen LogP contribution < -0.4 is 10.2 Å². The fraction of sp³-hybridized carbons (Fsp3) is 0.500. The van der Waals surface area contributed by atoms with Crippen LogP contribution in [0.25, 0.3) is 0 Å². The number of hydrogen-bond donors (Lipinski definition) is 1. The summed E-state index contributed by atoms with van der Waals surface area (Å²) in [6.45, 7) is 6.86. The van der Waals surface area contributed by atoms with E-state index < -0.39 is 0 Å². The summed E-state index contributed by atoms with van der Waals surface area (Å²) in [7, 11) is 1.90. The van der Waals surface area contributed by atoms with Gasteiger partial charge >= 0.3 is 0 Å². The minimum Gasteiger partial charge on any atom is -0.373 e. The first-order valence-corrected chi connectivity index (χ1v) is 7.03. The highest BCUT2D eigenvalue weighted by Crippen LogP contribution is 2.26. The van der Waals surface area contributed by atoms with Crippen molar-refractivity contribution in [1.29, 1.82) is 0 Å². The smallest absolute Gasteiger partial charge is 0.137 e. The number of imidazole rings is 1. The van der Waals surface area contributed by atoms with Gasteiger partial charge in [0.2, 0.25) is 0 Å². The largest absolute Gasteiger partial charge is 0.373 e. The van der Waals surface area contributed by atoms with Gasteiger partial charge in [0.15, 0.2) is 0 Å². The third-order valence-electron chi connectivity index (χ3n) is 3.76. The van der Waals surface area contributed by atoms with Crippen molar-refractivity contribution in [1.82, 2.24) is 19.5 Å². The molecule has 20 heavy (non-hydrogen) atoms. The Hall–Kier alpha value is -2.11. The lowest BCUT2D eigenvalue weighted by Gasteiger charge is -2.30. The maximum atomic E-state index is 4.72. The summed E-state index contributed by atoms with van der Waals surface area (Å²) in [5, 5.41) is 3.16. The van der Waals surface area contributed by atoms with Gasteiger partial charge in [0, 0.05) is 44.5 Å². The van der Waals surface area contributed by atoms with Crippen LogP contribution in [0.2, 0.25) is 0 Å². The van der Waals surface area contributed by atoms with Crippen molar-refractivity contribution in [3.05, 3.63) is 29.6 Å². The summed E-state index contributed by atoms with van der Waals surface area (Å²) < 4.78 is 2.20. The Labute approximate surface area is 118 Å². The highest BCUT2D eigenvalue weighted by Gasteiger charge is 2.21. The molecular formula is C14H20N6. The molecule has 3 heterocycles. The third kappa shape index (κ3) is 2.11. The van der Waals surface area contributed by atoms with Crippen LogP contribution in [0.4, 0.5) is 11.6 Å². The van der Waals surface area contributed by atoms with Gasteiger partial charge in [0.1, 0.15) is 23.3 Å². The number of aromatic nitrogens is 4. The molecule has 0 aromatic carbocycles. The van der Waals surface area contributed by atoms with Gasteiger partial charge in [-0.25, -0.2) is 15.0 Å². The first kappa shape index (κ1) is 12.9. The van der Waals surface area contributed by atoms with Crippen LogP contribution in [0.3, 0.4) is 0 Å². The topological polar surface area (TPSA) is 58.9 Å². The molecule has 1 N–H and O–H groups in total. The van der Waals surface area contributed by atoms with Crippen molar-refractivity contribution >= 4 is 11.6 Å². The molecule has 0 fully saturated rings. The maximum absolute atomic E-state index is 4.72. The molecule has 1 aliphatic rings. The van der Waals surface area contributed by atoms with Gasteiger partial charge < -0.3 is 14.8 Å². The zero-order valence-corrected chi connectivity index (χ0v) is 12.2. The predicted octanol–water partition coefficient (Wildman–Crippen LogP) is 1.61. The number of rotatable bonds is 3. The number of anilines is 2. The second-order valence-electron chi connectivity index (χ2n) is 5.00. The van der Waals surface area contributed by atoms with E-state index in [0.717, 1.165) is 54.9 Å². The molecule has 0 amide bonds. The number of fused-ring (bicyclic) bond motifs is 1. The van der Waals surface area contributed by atoms with E-state index in [0.29, 0.717) is 0 Å². The predicted molar refractivity (Wildman–Crippen MR) is 79.0 cm³/mol. The minimum absolute atomic E-state index is 0.803. The molecule has 0 radical (unpaired) electrons. The van der Waals surface area contributed by atoms with Crippen molar-refractivity contribution in [2.45, 2.75) is 33.4 Å². The quantitative estimate of drug-likeness (QED) is 0.920. The minimum atomic E-state index is 0.803. The van der Waals surface area contributed by atoms with Crippen LogP contribution in [0.5, 0.6) is 0 Å². The highest BCUT2D eigenvalue weighted by molar-refractivity contribution is 5.58. The third-order valence-corrected chi connectivity index (χ3v) is 3.76. The fourth-order valence-electron chi connectivity index (χ4n) is 2.61. The number of nitrogens with one attached hydrogen (secondary N) is 1. The average Bonchev–Trinajstić information content (AvgIpc) is 2.95. The SMILES string of the molecule is CCc1nc(NC)c(C)c(N2CCn3ccnc3C2)n1. The molecule has 1 aliphatic heterocycles. The molecular weight excluding hydrogens is 252 g/mol. The van der Waals surface area contributed by atoms with Gasteiger partial charge in [-0.3, -0.25) is 0 Å². The molecule has 0 aliphatic carbocycles. The van der Waals surface area contributed by atoms with E-state index >= 15 is 0 Å². The van der Waals surface area contributed by atoms with E-state index in [2.05, 4.69) is 38.6 Å². The van der Waals surface area contributed by atoms with Crippen molar-refractivity contribution in [2.24, 2.45) is 0 Å². The van der Waals surface area contributed by atoms with Crippen molar-refractivity contribution in [3.63, 3.8) is 0 Å². The molecule has 0 saturated heterocycles. The molecule has 0 saturated carbocycles. The molecule has 106 valence electrons. The van der Waals surface area contributed by atoms with Crippen molar-refractivity contribution in [3.8, 4) is 0 Å². The second-order valence-corrected chi connectivity index (χ2v) is 5.00. The molecule has 6 nitrogen and oxygen atoms in total. The Balaban J connectivity index is 1.98. The van der Waals surface area contributed by atoms with E-state index in [1.54, 1.807) is 0 Å². The summed E-state index contributed by atoms with van der Waals surface area (Å²) in [5.41, 5.74) is 1.10. The van der Waals surface area contributed by atoms with Crippen molar-refractivity contribution < 1.29 is 0 Å². The number of aryl methyl sites for hydroxylation is 1. The zero-order valence-electron chi connectivity index (χ0n) is 12.2.